The number of hydrogen-bond acceptors (Lipinski definition) is 3. The van der Waals surface area contributed by atoms with E-state index >= 15 is 0 Å². The van der Waals surface area contributed by atoms with Crippen LogP contribution in [0, 0.1) is 0 Å². The molecule has 0 fully saturated rings. The zero-order valence-corrected chi connectivity index (χ0v) is 10.1. The van der Waals surface area contributed by atoms with Crippen LogP contribution in [0.25, 0.3) is 0 Å². The lowest BCUT2D eigenvalue weighted by molar-refractivity contribution is 0.232. The molecule has 0 atom stereocenters. The molecule has 0 radical (unpaired) electrons. The van der Waals surface area contributed by atoms with Crippen molar-refractivity contribution < 1.29 is 4.39 Å². The van der Waals surface area contributed by atoms with E-state index < -0.39 is 0 Å². The van der Waals surface area contributed by atoms with Gasteiger partial charge in [-0.05, 0) is 0 Å². The van der Waals surface area contributed by atoms with Gasteiger partial charge >= 0.3 is 0 Å². The summed E-state index contributed by atoms with van der Waals surface area (Å²) in [6.45, 7) is 6.51. The number of nitrogens with zero attached hydrogens (tertiary/aromatic N) is 2. The van der Waals surface area contributed by atoms with Gasteiger partial charge in [-0.3, -0.25) is 4.90 Å². The van der Waals surface area contributed by atoms with Gasteiger partial charge in [0, 0.05) is 36.9 Å². The molecular weight excluding hydrogens is 211 g/mol. The van der Waals surface area contributed by atoms with E-state index in [9.17, 15) is 4.39 Å². The maximum absolute atomic E-state index is 12.2. The summed E-state index contributed by atoms with van der Waals surface area (Å²) in [4.78, 5) is 8.16. The van der Waals surface area contributed by atoms with Crippen LogP contribution in [-0.4, -0.2) is 29.6 Å². The Morgan fingerprint density at radius 1 is 1.53 bits per heavy atom. The Bertz CT molecular complexity index is 335. The van der Waals surface area contributed by atoms with Crippen molar-refractivity contribution in [3.8, 4) is 0 Å². The quantitative estimate of drug-likeness (QED) is 0.790. The average Bonchev–Trinajstić information content (AvgIpc) is 2.61. The topological polar surface area (TPSA) is 16.1 Å². The summed E-state index contributed by atoms with van der Waals surface area (Å²) >= 11 is 1.80. The lowest BCUT2D eigenvalue weighted by Gasteiger charge is -2.24. The van der Waals surface area contributed by atoms with Crippen LogP contribution in [0.5, 0.6) is 0 Å². The average molecular weight is 228 g/mol. The molecule has 0 aromatic carbocycles. The number of alkyl halides is 1. The highest BCUT2D eigenvalue weighted by Crippen LogP contribution is 2.28. The van der Waals surface area contributed by atoms with Gasteiger partial charge in [0.25, 0.3) is 0 Å². The van der Waals surface area contributed by atoms with E-state index in [1.807, 2.05) is 0 Å². The first kappa shape index (κ1) is 11.0. The number of hydrogen-bond donors (Lipinski definition) is 0. The van der Waals surface area contributed by atoms with Gasteiger partial charge in [-0.25, -0.2) is 9.37 Å². The highest BCUT2D eigenvalue weighted by molar-refractivity contribution is 7.11. The molecule has 2 rings (SSSR count). The first-order valence-electron chi connectivity index (χ1n) is 5.47. The summed E-state index contributed by atoms with van der Waals surface area (Å²) in [5.74, 6) is 0.509. The standard InChI is InChI=1S/C11H17FN2S/c1-8(2)11-13-9-3-5-14(6-4-12)7-10(9)15-11/h8H,3-7H2,1-2H3. The third-order valence-electron chi connectivity index (χ3n) is 2.72. The lowest BCUT2D eigenvalue weighted by atomic mass is 10.2. The fraction of sp³-hybridized carbons (Fsp3) is 0.727. The summed E-state index contributed by atoms with van der Waals surface area (Å²) in [5, 5.41) is 1.22. The maximum atomic E-state index is 12.2. The predicted molar refractivity (Wildman–Crippen MR) is 61.2 cm³/mol. The molecule has 1 aromatic heterocycles. The van der Waals surface area contributed by atoms with Crippen LogP contribution < -0.4 is 0 Å². The van der Waals surface area contributed by atoms with Gasteiger partial charge < -0.3 is 0 Å². The minimum absolute atomic E-state index is 0.245. The molecule has 0 saturated carbocycles. The summed E-state index contributed by atoms with van der Waals surface area (Å²) in [7, 11) is 0. The van der Waals surface area contributed by atoms with E-state index in [1.165, 1.54) is 15.6 Å². The normalized spacial score (nSPS) is 17.1. The van der Waals surface area contributed by atoms with Gasteiger partial charge in [-0.2, -0.15) is 0 Å². The van der Waals surface area contributed by atoms with Crippen molar-refractivity contribution in [1.29, 1.82) is 0 Å². The Kier molecular flexibility index (Phi) is 3.36. The van der Waals surface area contributed by atoms with Crippen molar-refractivity contribution in [2.45, 2.75) is 32.7 Å². The van der Waals surface area contributed by atoms with Crippen molar-refractivity contribution in [2.24, 2.45) is 0 Å². The van der Waals surface area contributed by atoms with E-state index in [0.29, 0.717) is 12.5 Å². The fourth-order valence-electron chi connectivity index (χ4n) is 1.83. The Morgan fingerprint density at radius 2 is 2.33 bits per heavy atom. The first-order valence-corrected chi connectivity index (χ1v) is 6.29. The summed E-state index contributed by atoms with van der Waals surface area (Å²) in [5.41, 5.74) is 1.25. The summed E-state index contributed by atoms with van der Waals surface area (Å²) in [6, 6.07) is 0. The smallest absolute Gasteiger partial charge is 0.102 e. The zero-order valence-electron chi connectivity index (χ0n) is 9.29. The molecule has 0 spiro atoms. The predicted octanol–water partition coefficient (Wildman–Crippen LogP) is 2.59. The fourth-order valence-corrected chi connectivity index (χ4v) is 2.98. The van der Waals surface area contributed by atoms with Gasteiger partial charge in [0.15, 0.2) is 0 Å². The first-order chi connectivity index (χ1) is 7.20. The van der Waals surface area contributed by atoms with E-state index in [-0.39, 0.29) is 6.67 Å². The van der Waals surface area contributed by atoms with Crippen LogP contribution in [0.4, 0.5) is 4.39 Å². The second kappa shape index (κ2) is 4.58. The van der Waals surface area contributed by atoms with Crippen molar-refractivity contribution in [2.75, 3.05) is 19.8 Å². The van der Waals surface area contributed by atoms with Crippen LogP contribution in [0.15, 0.2) is 0 Å². The molecule has 84 valence electrons. The van der Waals surface area contributed by atoms with E-state index in [0.717, 1.165) is 19.5 Å². The van der Waals surface area contributed by atoms with Gasteiger partial charge in [-0.1, -0.05) is 13.8 Å². The monoisotopic (exact) mass is 228 g/mol. The largest absolute Gasteiger partial charge is 0.295 e. The van der Waals surface area contributed by atoms with Crippen molar-refractivity contribution in [3.63, 3.8) is 0 Å². The van der Waals surface area contributed by atoms with E-state index in [2.05, 4.69) is 23.7 Å². The maximum Gasteiger partial charge on any atom is 0.102 e. The van der Waals surface area contributed by atoms with Crippen molar-refractivity contribution in [3.05, 3.63) is 15.6 Å². The van der Waals surface area contributed by atoms with Crippen LogP contribution in [0.3, 0.4) is 0 Å². The van der Waals surface area contributed by atoms with E-state index in [4.69, 9.17) is 0 Å². The van der Waals surface area contributed by atoms with Gasteiger partial charge in [0.2, 0.25) is 0 Å². The van der Waals surface area contributed by atoms with Crippen molar-refractivity contribution >= 4 is 11.3 Å². The number of thiazole rings is 1. The SMILES string of the molecule is CC(C)c1nc2c(s1)CN(CCF)CC2. The lowest BCUT2D eigenvalue weighted by Crippen LogP contribution is -2.31. The van der Waals surface area contributed by atoms with Crippen LogP contribution in [0.2, 0.25) is 0 Å². The van der Waals surface area contributed by atoms with Gasteiger partial charge in [0.1, 0.15) is 6.67 Å². The molecule has 0 bridgehead atoms. The third-order valence-corrected chi connectivity index (χ3v) is 4.10. The number of rotatable bonds is 3. The number of halogens is 1. The molecule has 15 heavy (non-hydrogen) atoms. The zero-order chi connectivity index (χ0) is 10.8. The van der Waals surface area contributed by atoms with Crippen LogP contribution in [0.1, 0.15) is 35.3 Å². The molecule has 1 aromatic rings. The second-order valence-corrected chi connectivity index (χ2v) is 5.41. The molecule has 0 amide bonds. The minimum Gasteiger partial charge on any atom is -0.295 e. The molecule has 0 aliphatic carbocycles. The second-order valence-electron chi connectivity index (χ2n) is 4.29. The van der Waals surface area contributed by atoms with Crippen molar-refractivity contribution in [1.82, 2.24) is 9.88 Å². The molecular formula is C11H17FN2S. The van der Waals surface area contributed by atoms with Crippen LogP contribution >= 0.6 is 11.3 Å². The van der Waals surface area contributed by atoms with Gasteiger partial charge in [-0.15, -0.1) is 11.3 Å². The third kappa shape index (κ3) is 2.37. The highest BCUT2D eigenvalue weighted by Gasteiger charge is 2.20. The van der Waals surface area contributed by atoms with Crippen LogP contribution in [-0.2, 0) is 13.0 Å². The Hall–Kier alpha value is -0.480. The minimum atomic E-state index is -0.245. The number of aromatic nitrogens is 1. The molecule has 2 nitrogen and oxygen atoms in total. The van der Waals surface area contributed by atoms with E-state index in [1.54, 1.807) is 11.3 Å². The molecule has 1 aliphatic rings. The summed E-state index contributed by atoms with van der Waals surface area (Å²) in [6.07, 6.45) is 0.985. The Balaban J connectivity index is 2.12. The number of fused-ring (bicyclic) bond motifs is 1. The molecule has 0 N–H and O–H groups in total. The molecule has 0 saturated heterocycles. The Labute approximate surface area is 94.1 Å². The molecule has 2 heterocycles. The Morgan fingerprint density at radius 3 is 3.00 bits per heavy atom. The summed E-state index contributed by atoms with van der Waals surface area (Å²) < 4.78 is 12.2. The molecule has 0 unspecified atom stereocenters. The molecule has 4 heteroatoms. The highest BCUT2D eigenvalue weighted by atomic mass is 32.1. The van der Waals surface area contributed by atoms with Gasteiger partial charge in [0.05, 0.1) is 10.7 Å². The molecule has 1 aliphatic heterocycles.